The van der Waals surface area contributed by atoms with Gasteiger partial charge >= 0.3 is 0 Å². The van der Waals surface area contributed by atoms with Crippen LogP contribution in [0, 0.1) is 0 Å². The van der Waals surface area contributed by atoms with Gasteiger partial charge in [0.25, 0.3) is 0 Å². The molecule has 2 aliphatic rings. The molecule has 2 fully saturated rings. The predicted octanol–water partition coefficient (Wildman–Crippen LogP) is 8.95. The Balaban J connectivity index is 0.000000182. The fourth-order valence-corrected chi connectivity index (χ4v) is 4.58. The molecule has 2 unspecified atom stereocenters. The zero-order chi connectivity index (χ0) is 31.8. The van der Waals surface area contributed by atoms with Crippen LogP contribution in [0.1, 0.15) is 25.7 Å². The molecule has 0 spiro atoms. The van der Waals surface area contributed by atoms with E-state index in [1.54, 1.807) is 0 Å². The minimum absolute atomic E-state index is 0.418. The van der Waals surface area contributed by atoms with Gasteiger partial charge in [0.2, 0.25) is 0 Å². The molecular weight excluding hydrogens is 576 g/mol. The zero-order valence-corrected chi connectivity index (χ0v) is 26.5. The van der Waals surface area contributed by atoms with E-state index in [9.17, 15) is 0 Å². The minimum Gasteiger partial charge on any atom is -0.493 e. The summed E-state index contributed by atoms with van der Waals surface area (Å²) in [5, 5.41) is 0. The maximum atomic E-state index is 5.73. The molecule has 4 aromatic rings. The van der Waals surface area contributed by atoms with Gasteiger partial charge < -0.3 is 28.4 Å². The number of hydrogen-bond acceptors (Lipinski definition) is 6. The Hall–Kier alpha value is -4.52. The summed E-state index contributed by atoms with van der Waals surface area (Å²) in [6, 6.07) is 32.7. The van der Waals surface area contributed by atoms with Gasteiger partial charge in [0.05, 0.1) is 51.8 Å². The van der Waals surface area contributed by atoms with Crippen LogP contribution in [-0.4, -0.2) is 51.8 Å². The van der Waals surface area contributed by atoms with Crippen LogP contribution in [0.2, 0.25) is 0 Å². The zero-order valence-electron chi connectivity index (χ0n) is 26.5. The van der Waals surface area contributed by atoms with Gasteiger partial charge in [0.1, 0.15) is 23.0 Å². The third-order valence-electron chi connectivity index (χ3n) is 7.49. The molecule has 0 radical (unpaired) electrons. The fourth-order valence-electron chi connectivity index (χ4n) is 4.58. The van der Waals surface area contributed by atoms with Gasteiger partial charge in [0.15, 0.2) is 0 Å². The second-order valence-electron chi connectivity index (χ2n) is 11.1. The van der Waals surface area contributed by atoms with E-state index in [4.69, 9.17) is 28.4 Å². The summed E-state index contributed by atoms with van der Waals surface area (Å²) < 4.78 is 33.0. The van der Waals surface area contributed by atoms with Crippen LogP contribution in [0.15, 0.2) is 122 Å². The number of rotatable bonds is 18. The van der Waals surface area contributed by atoms with Crippen LogP contribution in [0.3, 0.4) is 0 Å². The standard InChI is InChI=1S/C20H22O4.C20H22O2/c1-5-17(21-11-9-19-13-23-19)6-2-15(1)16-3-7-18(8-4-16)22-12-10-20-14-24-20;1-3-5-15-21-19-11-7-17(8-12-19)18-9-13-20(14-10-18)22-16-6-4-2/h1-8,19-20H,9-14H2;3-4,7-14H,1-2,5-6,15-16H2. The lowest BCUT2D eigenvalue weighted by Crippen LogP contribution is -2.01. The molecule has 6 rings (SSSR count). The van der Waals surface area contributed by atoms with Crippen molar-refractivity contribution in [3.8, 4) is 45.3 Å². The molecule has 0 amide bonds. The highest BCUT2D eigenvalue weighted by Crippen LogP contribution is 2.27. The van der Waals surface area contributed by atoms with Gasteiger partial charge in [-0.1, -0.05) is 60.7 Å². The maximum Gasteiger partial charge on any atom is 0.119 e. The van der Waals surface area contributed by atoms with E-state index in [0.717, 1.165) is 73.0 Å². The van der Waals surface area contributed by atoms with Crippen LogP contribution >= 0.6 is 0 Å². The van der Waals surface area contributed by atoms with Crippen molar-refractivity contribution in [2.24, 2.45) is 0 Å². The predicted molar refractivity (Wildman–Crippen MR) is 184 cm³/mol. The van der Waals surface area contributed by atoms with Gasteiger partial charge in [-0.25, -0.2) is 0 Å². The maximum absolute atomic E-state index is 5.73. The first kappa shape index (κ1) is 32.9. The largest absolute Gasteiger partial charge is 0.493 e. The van der Waals surface area contributed by atoms with E-state index in [1.807, 2.05) is 60.7 Å². The normalized spacial score (nSPS) is 15.9. The molecule has 0 N–H and O–H groups in total. The Bertz CT molecular complexity index is 1340. The quantitative estimate of drug-likeness (QED) is 0.0629. The summed E-state index contributed by atoms with van der Waals surface area (Å²) in [5.74, 6) is 3.58. The molecule has 240 valence electrons. The van der Waals surface area contributed by atoms with Crippen LogP contribution in [0.5, 0.6) is 23.0 Å². The third-order valence-corrected chi connectivity index (χ3v) is 7.49. The molecule has 6 nitrogen and oxygen atoms in total. The van der Waals surface area contributed by atoms with Crippen molar-refractivity contribution < 1.29 is 28.4 Å². The minimum atomic E-state index is 0.418. The smallest absolute Gasteiger partial charge is 0.119 e. The average molecular weight is 621 g/mol. The first-order valence-electron chi connectivity index (χ1n) is 16.1. The van der Waals surface area contributed by atoms with Crippen LogP contribution in [0.25, 0.3) is 22.3 Å². The summed E-state index contributed by atoms with van der Waals surface area (Å²) in [6.45, 7) is 11.9. The number of epoxide rings is 2. The van der Waals surface area contributed by atoms with Gasteiger partial charge in [-0.05, 0) is 83.6 Å². The molecule has 2 aliphatic heterocycles. The molecule has 2 saturated heterocycles. The lowest BCUT2D eigenvalue weighted by atomic mass is 10.1. The monoisotopic (exact) mass is 620 g/mol. The Morgan fingerprint density at radius 1 is 0.457 bits per heavy atom. The highest BCUT2D eigenvalue weighted by molar-refractivity contribution is 5.65. The van der Waals surface area contributed by atoms with Gasteiger partial charge in [0, 0.05) is 12.8 Å². The van der Waals surface area contributed by atoms with E-state index in [-0.39, 0.29) is 0 Å². The summed E-state index contributed by atoms with van der Waals surface area (Å²) in [4.78, 5) is 0. The van der Waals surface area contributed by atoms with Gasteiger partial charge in [-0.2, -0.15) is 0 Å². The van der Waals surface area contributed by atoms with Crippen molar-refractivity contribution >= 4 is 0 Å². The first-order chi connectivity index (χ1) is 22.7. The van der Waals surface area contributed by atoms with Gasteiger partial charge in [-0.15, -0.1) is 13.2 Å². The van der Waals surface area contributed by atoms with Crippen molar-refractivity contribution in [3.05, 3.63) is 122 Å². The summed E-state index contributed by atoms with van der Waals surface area (Å²) >= 11 is 0. The van der Waals surface area contributed by atoms with E-state index in [1.165, 1.54) is 11.1 Å². The van der Waals surface area contributed by atoms with E-state index in [0.29, 0.717) is 38.6 Å². The van der Waals surface area contributed by atoms with E-state index in [2.05, 4.69) is 61.7 Å². The molecule has 46 heavy (non-hydrogen) atoms. The highest BCUT2D eigenvalue weighted by Gasteiger charge is 2.22. The van der Waals surface area contributed by atoms with Crippen LogP contribution < -0.4 is 18.9 Å². The first-order valence-corrected chi connectivity index (χ1v) is 16.1. The Morgan fingerprint density at radius 2 is 0.717 bits per heavy atom. The SMILES string of the molecule is C=CCCOc1ccc(-c2ccc(OCCC=C)cc2)cc1.c1cc(-c2ccc(OCCC3CO3)cc2)ccc1OCCC1CO1. The number of hydrogen-bond donors (Lipinski definition) is 0. The lowest BCUT2D eigenvalue weighted by molar-refractivity contribution is 0.282. The Morgan fingerprint density at radius 3 is 0.957 bits per heavy atom. The summed E-state index contributed by atoms with van der Waals surface area (Å²) in [5.41, 5.74) is 4.67. The molecular formula is C40H44O6. The summed E-state index contributed by atoms with van der Waals surface area (Å²) in [7, 11) is 0. The van der Waals surface area contributed by atoms with Crippen LogP contribution in [-0.2, 0) is 9.47 Å². The molecule has 0 aliphatic carbocycles. The Kier molecular flexibility index (Phi) is 12.7. The molecule has 4 aromatic carbocycles. The topological polar surface area (TPSA) is 62.0 Å². The number of benzene rings is 4. The van der Waals surface area contributed by atoms with Crippen molar-refractivity contribution in [2.45, 2.75) is 37.9 Å². The molecule has 0 bridgehead atoms. The second kappa shape index (κ2) is 17.8. The lowest BCUT2D eigenvalue weighted by Gasteiger charge is -2.08. The van der Waals surface area contributed by atoms with Gasteiger partial charge in [-0.3, -0.25) is 0 Å². The Labute approximate surface area is 273 Å². The molecule has 2 atom stereocenters. The van der Waals surface area contributed by atoms with Crippen molar-refractivity contribution in [2.75, 3.05) is 39.6 Å². The molecule has 0 saturated carbocycles. The molecule has 6 heteroatoms. The fraction of sp³-hybridized carbons (Fsp3) is 0.300. The van der Waals surface area contributed by atoms with E-state index < -0.39 is 0 Å². The van der Waals surface area contributed by atoms with Crippen molar-refractivity contribution in [1.82, 2.24) is 0 Å². The van der Waals surface area contributed by atoms with Crippen molar-refractivity contribution in [3.63, 3.8) is 0 Å². The second-order valence-corrected chi connectivity index (χ2v) is 11.1. The average Bonchev–Trinajstić information content (AvgIpc) is 4.04. The van der Waals surface area contributed by atoms with E-state index >= 15 is 0 Å². The van der Waals surface area contributed by atoms with Crippen molar-refractivity contribution in [1.29, 1.82) is 0 Å². The van der Waals surface area contributed by atoms with Crippen LogP contribution in [0.4, 0.5) is 0 Å². The third kappa shape index (κ3) is 11.4. The summed E-state index contributed by atoms with van der Waals surface area (Å²) in [6.07, 6.45) is 8.19. The highest BCUT2D eigenvalue weighted by atomic mass is 16.6. The number of ether oxygens (including phenoxy) is 6. The molecule has 0 aromatic heterocycles. The molecule has 2 heterocycles.